The van der Waals surface area contributed by atoms with Crippen LogP contribution in [0.3, 0.4) is 0 Å². The first-order valence-corrected chi connectivity index (χ1v) is 5.74. The fraction of sp³-hybridized carbons (Fsp3) is 0.200. The van der Waals surface area contributed by atoms with Gasteiger partial charge in [-0.25, -0.2) is 10.2 Å². The minimum absolute atomic E-state index is 0.229. The van der Waals surface area contributed by atoms with Crippen LogP contribution in [0.25, 0.3) is 0 Å². The van der Waals surface area contributed by atoms with E-state index in [2.05, 4.69) is 10.9 Å². The lowest BCUT2D eigenvalue weighted by molar-refractivity contribution is -0.122. The molecule has 1 atom stereocenters. The predicted molar refractivity (Wildman–Crippen MR) is 60.8 cm³/mol. The molecule has 84 valence electrons. The topological polar surface area (TPSA) is 84.2 Å². The van der Waals surface area contributed by atoms with E-state index in [-0.39, 0.29) is 11.8 Å². The van der Waals surface area contributed by atoms with Gasteiger partial charge >= 0.3 is 6.03 Å². The van der Waals surface area contributed by atoms with Crippen molar-refractivity contribution in [2.24, 2.45) is 5.73 Å². The summed E-state index contributed by atoms with van der Waals surface area (Å²) in [5.74, 6) is 0.218. The van der Waals surface area contributed by atoms with Crippen LogP contribution in [0.15, 0.2) is 29.2 Å². The quantitative estimate of drug-likeness (QED) is 0.624. The Bertz CT molecular complexity index is 436. The first-order valence-electron chi connectivity index (χ1n) is 4.75. The highest BCUT2D eigenvalue weighted by Gasteiger charge is 2.28. The van der Waals surface area contributed by atoms with E-state index in [1.807, 2.05) is 24.3 Å². The second kappa shape index (κ2) is 4.44. The zero-order chi connectivity index (χ0) is 11.5. The summed E-state index contributed by atoms with van der Waals surface area (Å²) in [6.45, 7) is 0. The second-order valence-electron chi connectivity index (χ2n) is 3.38. The largest absolute Gasteiger partial charge is 0.350 e. The van der Waals surface area contributed by atoms with Crippen LogP contribution in [-0.4, -0.2) is 17.7 Å². The standard InChI is InChI=1S/C10H11N3O2S/c11-10(15)13-12-9(14)7-5-16-8-4-2-1-3-6(7)8/h1-4,7H,5H2,(H,12,14)(H3,11,13,15). The Balaban J connectivity index is 2.07. The third-order valence-corrected chi connectivity index (χ3v) is 3.51. The number of amides is 3. The summed E-state index contributed by atoms with van der Waals surface area (Å²) >= 11 is 1.63. The predicted octanol–water partition coefficient (Wildman–Crippen LogP) is 0.575. The molecule has 1 aromatic carbocycles. The van der Waals surface area contributed by atoms with Gasteiger partial charge in [0.05, 0.1) is 5.92 Å². The fourth-order valence-electron chi connectivity index (χ4n) is 1.59. The molecular formula is C10H11N3O2S. The molecule has 1 heterocycles. The SMILES string of the molecule is NC(=O)NNC(=O)C1CSc2ccccc21. The Morgan fingerprint density at radius 3 is 2.81 bits per heavy atom. The number of hydrogen-bond donors (Lipinski definition) is 3. The Morgan fingerprint density at radius 2 is 2.06 bits per heavy atom. The van der Waals surface area contributed by atoms with Gasteiger partial charge in [-0.1, -0.05) is 18.2 Å². The molecular weight excluding hydrogens is 226 g/mol. The number of carbonyl (C=O) groups is 2. The van der Waals surface area contributed by atoms with E-state index < -0.39 is 6.03 Å². The third kappa shape index (κ3) is 2.11. The Kier molecular flexibility index (Phi) is 3.00. The fourth-order valence-corrected chi connectivity index (χ4v) is 2.82. The van der Waals surface area contributed by atoms with Crippen LogP contribution in [0, 0.1) is 0 Å². The molecule has 0 fully saturated rings. The summed E-state index contributed by atoms with van der Waals surface area (Å²) in [5, 5.41) is 0. The van der Waals surface area contributed by atoms with Gasteiger partial charge in [0.15, 0.2) is 0 Å². The molecule has 4 N–H and O–H groups in total. The average molecular weight is 237 g/mol. The van der Waals surface area contributed by atoms with Crippen molar-refractivity contribution in [1.29, 1.82) is 0 Å². The summed E-state index contributed by atoms with van der Waals surface area (Å²) < 4.78 is 0. The second-order valence-corrected chi connectivity index (χ2v) is 4.44. The summed E-state index contributed by atoms with van der Waals surface area (Å²) in [6.07, 6.45) is 0. The molecule has 0 aliphatic carbocycles. The van der Waals surface area contributed by atoms with Gasteiger partial charge in [0.2, 0.25) is 5.91 Å². The molecule has 0 bridgehead atoms. The normalized spacial score (nSPS) is 17.6. The monoisotopic (exact) mass is 237 g/mol. The summed E-state index contributed by atoms with van der Waals surface area (Å²) in [5.41, 5.74) is 10.2. The lowest BCUT2D eigenvalue weighted by Gasteiger charge is -2.10. The van der Waals surface area contributed by atoms with Crippen molar-refractivity contribution < 1.29 is 9.59 Å². The lowest BCUT2D eigenvalue weighted by atomic mass is 10.0. The Hall–Kier alpha value is -1.69. The molecule has 0 spiro atoms. The molecule has 3 amide bonds. The number of hydrogen-bond acceptors (Lipinski definition) is 3. The first-order chi connectivity index (χ1) is 7.68. The molecule has 0 radical (unpaired) electrons. The van der Waals surface area contributed by atoms with Crippen molar-refractivity contribution in [3.63, 3.8) is 0 Å². The molecule has 1 aliphatic rings. The van der Waals surface area contributed by atoms with E-state index in [1.165, 1.54) is 0 Å². The lowest BCUT2D eigenvalue weighted by Crippen LogP contribution is -2.46. The molecule has 0 saturated heterocycles. The maximum absolute atomic E-state index is 11.7. The number of primary amides is 1. The van der Waals surface area contributed by atoms with Crippen molar-refractivity contribution >= 4 is 23.7 Å². The molecule has 1 aliphatic heterocycles. The van der Waals surface area contributed by atoms with E-state index in [4.69, 9.17) is 5.73 Å². The number of nitrogens with one attached hydrogen (secondary N) is 2. The zero-order valence-electron chi connectivity index (χ0n) is 8.40. The van der Waals surface area contributed by atoms with Crippen molar-refractivity contribution in [3.05, 3.63) is 29.8 Å². The maximum Gasteiger partial charge on any atom is 0.330 e. The number of carbonyl (C=O) groups excluding carboxylic acids is 2. The molecule has 1 unspecified atom stereocenters. The minimum Gasteiger partial charge on any atom is -0.350 e. The van der Waals surface area contributed by atoms with Crippen molar-refractivity contribution in [2.45, 2.75) is 10.8 Å². The van der Waals surface area contributed by atoms with Gasteiger partial charge in [-0.2, -0.15) is 0 Å². The van der Waals surface area contributed by atoms with Crippen molar-refractivity contribution in [1.82, 2.24) is 10.9 Å². The van der Waals surface area contributed by atoms with Crippen LogP contribution in [0.5, 0.6) is 0 Å². The Labute approximate surface area is 96.7 Å². The Morgan fingerprint density at radius 1 is 1.31 bits per heavy atom. The minimum atomic E-state index is -0.771. The summed E-state index contributed by atoms with van der Waals surface area (Å²) in [4.78, 5) is 23.3. The van der Waals surface area contributed by atoms with Crippen LogP contribution in [-0.2, 0) is 4.79 Å². The van der Waals surface area contributed by atoms with E-state index in [1.54, 1.807) is 11.8 Å². The number of urea groups is 1. The number of fused-ring (bicyclic) bond motifs is 1. The molecule has 5 nitrogen and oxygen atoms in total. The average Bonchev–Trinajstić information content (AvgIpc) is 2.69. The van der Waals surface area contributed by atoms with E-state index in [0.717, 1.165) is 10.5 Å². The number of hydrazine groups is 1. The van der Waals surface area contributed by atoms with Gasteiger partial charge in [0, 0.05) is 10.6 Å². The zero-order valence-corrected chi connectivity index (χ0v) is 9.21. The van der Waals surface area contributed by atoms with Crippen molar-refractivity contribution in [3.8, 4) is 0 Å². The van der Waals surface area contributed by atoms with Gasteiger partial charge in [-0.05, 0) is 11.6 Å². The van der Waals surface area contributed by atoms with E-state index >= 15 is 0 Å². The number of thioether (sulfide) groups is 1. The maximum atomic E-state index is 11.7. The summed E-state index contributed by atoms with van der Waals surface area (Å²) in [6, 6.07) is 6.96. The highest BCUT2D eigenvalue weighted by molar-refractivity contribution is 7.99. The molecule has 2 rings (SSSR count). The number of nitrogens with two attached hydrogens (primary N) is 1. The smallest absolute Gasteiger partial charge is 0.330 e. The molecule has 0 saturated carbocycles. The number of rotatable bonds is 1. The van der Waals surface area contributed by atoms with Crippen LogP contribution < -0.4 is 16.6 Å². The van der Waals surface area contributed by atoms with Gasteiger partial charge in [0.25, 0.3) is 0 Å². The van der Waals surface area contributed by atoms with E-state index in [0.29, 0.717) is 5.75 Å². The molecule has 1 aromatic rings. The highest BCUT2D eigenvalue weighted by atomic mass is 32.2. The van der Waals surface area contributed by atoms with Gasteiger partial charge in [-0.15, -0.1) is 11.8 Å². The number of benzene rings is 1. The van der Waals surface area contributed by atoms with E-state index in [9.17, 15) is 9.59 Å². The summed E-state index contributed by atoms with van der Waals surface area (Å²) in [7, 11) is 0. The van der Waals surface area contributed by atoms with Crippen LogP contribution in [0.4, 0.5) is 4.79 Å². The highest BCUT2D eigenvalue weighted by Crippen LogP contribution is 2.39. The van der Waals surface area contributed by atoms with Crippen molar-refractivity contribution in [2.75, 3.05) is 5.75 Å². The van der Waals surface area contributed by atoms with Gasteiger partial charge in [-0.3, -0.25) is 10.2 Å². The van der Waals surface area contributed by atoms with Crippen LogP contribution in [0.1, 0.15) is 11.5 Å². The molecule has 0 aromatic heterocycles. The molecule has 6 heteroatoms. The van der Waals surface area contributed by atoms with Crippen LogP contribution in [0.2, 0.25) is 0 Å². The van der Waals surface area contributed by atoms with Gasteiger partial charge < -0.3 is 5.73 Å². The molecule has 16 heavy (non-hydrogen) atoms. The van der Waals surface area contributed by atoms with Crippen LogP contribution >= 0.6 is 11.8 Å². The first kappa shape index (κ1) is 10.8. The van der Waals surface area contributed by atoms with Gasteiger partial charge in [0.1, 0.15) is 0 Å². The third-order valence-electron chi connectivity index (χ3n) is 2.33.